The summed E-state index contributed by atoms with van der Waals surface area (Å²) >= 11 is 3.16. The van der Waals surface area contributed by atoms with Crippen molar-refractivity contribution >= 4 is 27.8 Å². The molecular weight excluding hydrogens is 300 g/mol. The molecule has 1 amide bonds. The molecule has 0 saturated carbocycles. The number of carboxylic acids is 1. The number of carbonyl (C=O) groups is 2. The third-order valence-electron chi connectivity index (χ3n) is 2.44. The van der Waals surface area contributed by atoms with E-state index in [0.717, 1.165) is 12.8 Å². The molecule has 0 saturated heterocycles. The highest BCUT2D eigenvalue weighted by Gasteiger charge is 2.19. The maximum absolute atomic E-state index is 11.9. The first kappa shape index (κ1) is 14.6. The van der Waals surface area contributed by atoms with Crippen LogP contribution in [-0.2, 0) is 4.79 Å². The Balaban J connectivity index is 2.69. The van der Waals surface area contributed by atoms with Crippen LogP contribution in [0.5, 0.6) is 0 Å². The van der Waals surface area contributed by atoms with E-state index in [4.69, 9.17) is 5.11 Å². The van der Waals surface area contributed by atoms with Gasteiger partial charge in [-0.2, -0.15) is 0 Å². The van der Waals surface area contributed by atoms with E-state index in [0.29, 0.717) is 16.6 Å². The number of aromatic nitrogens is 1. The Morgan fingerprint density at radius 1 is 1.56 bits per heavy atom. The number of hydrogen-bond donors (Lipinski definition) is 2. The van der Waals surface area contributed by atoms with Crippen LogP contribution in [0.1, 0.15) is 36.5 Å². The highest BCUT2D eigenvalue weighted by atomic mass is 79.9. The molecule has 1 rings (SSSR count). The summed E-state index contributed by atoms with van der Waals surface area (Å²) in [6, 6.07) is 2.25. The maximum atomic E-state index is 11.9. The lowest BCUT2D eigenvalue weighted by molar-refractivity contribution is -0.139. The number of nitrogens with zero attached hydrogens (tertiary/aromatic N) is 1. The summed E-state index contributed by atoms with van der Waals surface area (Å²) in [5, 5.41) is 11.5. The summed E-state index contributed by atoms with van der Waals surface area (Å²) in [7, 11) is 0. The van der Waals surface area contributed by atoms with Crippen molar-refractivity contribution in [1.29, 1.82) is 0 Å². The van der Waals surface area contributed by atoms with E-state index in [2.05, 4.69) is 26.2 Å². The van der Waals surface area contributed by atoms with Gasteiger partial charge in [0.1, 0.15) is 10.6 Å². The number of unbranched alkanes of at least 4 members (excludes halogenated alkanes) is 1. The lowest BCUT2D eigenvalue weighted by Gasteiger charge is -2.14. The molecule has 1 aromatic heterocycles. The Hall–Kier alpha value is -1.43. The number of carbonyl (C=O) groups excluding carboxylic acids is 1. The molecule has 1 aromatic rings. The van der Waals surface area contributed by atoms with Crippen molar-refractivity contribution in [2.24, 2.45) is 0 Å². The summed E-state index contributed by atoms with van der Waals surface area (Å²) in [6.07, 6.45) is 3.57. The largest absolute Gasteiger partial charge is 0.480 e. The Morgan fingerprint density at radius 2 is 2.28 bits per heavy atom. The second-order valence-corrected chi connectivity index (χ2v) is 4.69. The van der Waals surface area contributed by atoms with Crippen molar-refractivity contribution in [2.75, 3.05) is 0 Å². The molecule has 1 heterocycles. The molecule has 0 fully saturated rings. The van der Waals surface area contributed by atoms with Crippen molar-refractivity contribution in [3.05, 3.63) is 28.5 Å². The fraction of sp³-hybridized carbons (Fsp3) is 0.417. The van der Waals surface area contributed by atoms with Gasteiger partial charge < -0.3 is 10.4 Å². The fourth-order valence-electron chi connectivity index (χ4n) is 1.45. The maximum Gasteiger partial charge on any atom is 0.326 e. The van der Waals surface area contributed by atoms with Gasteiger partial charge in [0.2, 0.25) is 0 Å². The summed E-state index contributed by atoms with van der Waals surface area (Å²) in [5.74, 6) is -1.41. The first-order valence-corrected chi connectivity index (χ1v) is 6.49. The number of rotatable bonds is 6. The van der Waals surface area contributed by atoms with Gasteiger partial charge in [-0.15, -0.1) is 0 Å². The normalized spacial score (nSPS) is 11.9. The second kappa shape index (κ2) is 7.10. The molecule has 18 heavy (non-hydrogen) atoms. The summed E-state index contributed by atoms with van der Waals surface area (Å²) < 4.78 is 0.538. The van der Waals surface area contributed by atoms with Crippen molar-refractivity contribution < 1.29 is 14.7 Å². The zero-order valence-electron chi connectivity index (χ0n) is 10.0. The van der Waals surface area contributed by atoms with E-state index >= 15 is 0 Å². The Bertz CT molecular complexity index is 437. The quantitative estimate of drug-likeness (QED) is 0.789. The molecule has 0 aromatic carbocycles. The van der Waals surface area contributed by atoms with Gasteiger partial charge in [-0.3, -0.25) is 4.79 Å². The second-order valence-electron chi connectivity index (χ2n) is 3.87. The number of carboxylic acid groups (broad SMARTS) is 1. The average Bonchev–Trinajstić information content (AvgIpc) is 2.33. The average molecular weight is 315 g/mol. The zero-order chi connectivity index (χ0) is 13.5. The molecule has 0 radical (unpaired) electrons. The predicted molar refractivity (Wildman–Crippen MR) is 70.4 cm³/mol. The highest BCUT2D eigenvalue weighted by Crippen LogP contribution is 2.09. The Labute approximate surface area is 114 Å². The van der Waals surface area contributed by atoms with Gasteiger partial charge in [0.15, 0.2) is 0 Å². The molecule has 5 nitrogen and oxygen atoms in total. The summed E-state index contributed by atoms with van der Waals surface area (Å²) in [4.78, 5) is 26.8. The van der Waals surface area contributed by atoms with Crippen molar-refractivity contribution in [3.8, 4) is 0 Å². The number of amides is 1. The highest BCUT2D eigenvalue weighted by molar-refractivity contribution is 9.10. The van der Waals surface area contributed by atoms with Gasteiger partial charge in [-0.25, -0.2) is 9.78 Å². The first-order valence-electron chi connectivity index (χ1n) is 5.69. The van der Waals surface area contributed by atoms with Gasteiger partial charge in [-0.1, -0.05) is 19.8 Å². The van der Waals surface area contributed by atoms with Gasteiger partial charge in [0.25, 0.3) is 5.91 Å². The molecule has 0 spiro atoms. The molecule has 0 bridgehead atoms. The summed E-state index contributed by atoms with van der Waals surface area (Å²) in [5.41, 5.74) is 0.389. The molecule has 6 heteroatoms. The number of pyridine rings is 1. The molecule has 98 valence electrons. The van der Waals surface area contributed by atoms with E-state index in [-0.39, 0.29) is 0 Å². The number of halogens is 1. The molecule has 0 aliphatic carbocycles. The van der Waals surface area contributed by atoms with E-state index in [9.17, 15) is 9.59 Å². The SMILES string of the molecule is CCCCC(NC(=O)c1ccnc(Br)c1)C(=O)O. The van der Waals surface area contributed by atoms with Crippen LogP contribution in [-0.4, -0.2) is 28.0 Å². The minimum atomic E-state index is -1.01. The first-order chi connectivity index (χ1) is 8.54. The number of aliphatic carboxylic acids is 1. The number of nitrogens with one attached hydrogen (secondary N) is 1. The third-order valence-corrected chi connectivity index (χ3v) is 2.87. The molecular formula is C12H15BrN2O3. The Morgan fingerprint density at radius 3 is 2.83 bits per heavy atom. The predicted octanol–water partition coefficient (Wildman–Crippen LogP) is 2.22. The molecule has 0 aliphatic heterocycles. The van der Waals surface area contributed by atoms with Crippen molar-refractivity contribution in [3.63, 3.8) is 0 Å². The van der Waals surface area contributed by atoms with Crippen molar-refractivity contribution in [1.82, 2.24) is 10.3 Å². The van der Waals surface area contributed by atoms with Crippen LogP contribution < -0.4 is 5.32 Å². The van der Waals surface area contributed by atoms with Crippen LogP contribution in [0.4, 0.5) is 0 Å². The van der Waals surface area contributed by atoms with Gasteiger partial charge in [-0.05, 0) is 34.5 Å². The van der Waals surface area contributed by atoms with Crippen LogP contribution in [0, 0.1) is 0 Å². The zero-order valence-corrected chi connectivity index (χ0v) is 11.6. The van der Waals surface area contributed by atoms with Gasteiger partial charge in [0, 0.05) is 11.8 Å². The van der Waals surface area contributed by atoms with Crippen LogP contribution >= 0.6 is 15.9 Å². The number of hydrogen-bond acceptors (Lipinski definition) is 3. The van der Waals surface area contributed by atoms with Crippen LogP contribution in [0.15, 0.2) is 22.9 Å². The fourth-order valence-corrected chi connectivity index (χ4v) is 1.82. The molecule has 1 atom stereocenters. The van der Waals surface area contributed by atoms with Crippen molar-refractivity contribution in [2.45, 2.75) is 32.2 Å². The lowest BCUT2D eigenvalue weighted by atomic mass is 10.1. The summed E-state index contributed by atoms with van der Waals surface area (Å²) in [6.45, 7) is 1.97. The van der Waals surface area contributed by atoms with Crippen LogP contribution in [0.3, 0.4) is 0 Å². The molecule has 0 aliphatic rings. The third kappa shape index (κ3) is 4.44. The standard InChI is InChI=1S/C12H15BrN2O3/c1-2-3-4-9(12(17)18)15-11(16)8-5-6-14-10(13)7-8/h5-7,9H,2-4H2,1H3,(H,15,16)(H,17,18). The van der Waals surface area contributed by atoms with E-state index in [1.807, 2.05) is 6.92 Å². The Kier molecular flexibility index (Phi) is 5.77. The van der Waals surface area contributed by atoms with E-state index in [1.165, 1.54) is 6.20 Å². The topological polar surface area (TPSA) is 79.3 Å². The monoisotopic (exact) mass is 314 g/mol. The smallest absolute Gasteiger partial charge is 0.326 e. The molecule has 2 N–H and O–H groups in total. The van der Waals surface area contributed by atoms with Gasteiger partial charge in [0.05, 0.1) is 0 Å². The van der Waals surface area contributed by atoms with Crippen LogP contribution in [0.25, 0.3) is 0 Å². The minimum absolute atomic E-state index is 0.389. The van der Waals surface area contributed by atoms with E-state index in [1.54, 1.807) is 12.1 Å². The molecule has 1 unspecified atom stereocenters. The minimum Gasteiger partial charge on any atom is -0.480 e. The van der Waals surface area contributed by atoms with E-state index < -0.39 is 17.9 Å². The van der Waals surface area contributed by atoms with Gasteiger partial charge >= 0.3 is 5.97 Å². The van der Waals surface area contributed by atoms with Crippen LogP contribution in [0.2, 0.25) is 0 Å². The lowest BCUT2D eigenvalue weighted by Crippen LogP contribution is -2.40.